The minimum atomic E-state index is -0.271. The van der Waals surface area contributed by atoms with Gasteiger partial charge in [0.25, 0.3) is 0 Å². The summed E-state index contributed by atoms with van der Waals surface area (Å²) in [5, 5.41) is 8.01. The Kier molecular flexibility index (Phi) is 4.73. The lowest BCUT2D eigenvalue weighted by atomic mass is 10.1. The Bertz CT molecular complexity index is 683. The summed E-state index contributed by atoms with van der Waals surface area (Å²) in [6, 6.07) is 10.1. The molecule has 0 atom stereocenters. The molecule has 2 heterocycles. The predicted molar refractivity (Wildman–Crippen MR) is 90.3 cm³/mol. The third-order valence-corrected chi connectivity index (χ3v) is 4.13. The third kappa shape index (κ3) is 3.97. The molecule has 7 heteroatoms. The van der Waals surface area contributed by atoms with Gasteiger partial charge in [-0.05, 0) is 23.8 Å². The van der Waals surface area contributed by atoms with Crippen molar-refractivity contribution in [1.29, 1.82) is 0 Å². The van der Waals surface area contributed by atoms with Crippen molar-refractivity contribution in [2.24, 2.45) is 5.73 Å². The molecular formula is C16H18ClN5O. The number of amides is 1. The minimum absolute atomic E-state index is 0.271. The molecule has 1 amide bonds. The van der Waals surface area contributed by atoms with Crippen molar-refractivity contribution >= 4 is 23.2 Å². The number of piperazine rings is 1. The molecule has 1 aromatic carbocycles. The minimum Gasteiger partial charge on any atom is -0.369 e. The molecule has 1 saturated heterocycles. The van der Waals surface area contributed by atoms with Gasteiger partial charge in [-0.2, -0.15) is 5.10 Å². The van der Waals surface area contributed by atoms with E-state index in [1.54, 1.807) is 12.3 Å². The normalized spacial score (nSPS) is 15.6. The Morgan fingerprint density at radius 2 is 1.83 bits per heavy atom. The topological polar surface area (TPSA) is 75.4 Å². The van der Waals surface area contributed by atoms with Crippen molar-refractivity contribution < 1.29 is 4.79 Å². The molecule has 1 aliphatic heterocycles. The lowest BCUT2D eigenvalue weighted by molar-refractivity contribution is -0.119. The molecular weight excluding hydrogens is 314 g/mol. The highest BCUT2D eigenvalue weighted by Crippen LogP contribution is 2.24. The monoisotopic (exact) mass is 331 g/mol. The standard InChI is InChI=1S/C16H18ClN5O/c17-15-9-13(10-19-20-15)12-1-3-14(4-2-12)22-7-5-21(6-8-22)11-16(18)23/h1-4,9-10H,5-8,11H2,(H2,18,23). The van der Waals surface area contributed by atoms with E-state index in [-0.39, 0.29) is 5.91 Å². The van der Waals surface area contributed by atoms with E-state index in [0.29, 0.717) is 11.7 Å². The van der Waals surface area contributed by atoms with E-state index in [9.17, 15) is 4.79 Å². The first kappa shape index (κ1) is 15.7. The van der Waals surface area contributed by atoms with E-state index in [4.69, 9.17) is 17.3 Å². The number of nitrogens with zero attached hydrogens (tertiary/aromatic N) is 4. The second-order valence-corrected chi connectivity index (χ2v) is 5.93. The second-order valence-electron chi connectivity index (χ2n) is 5.54. The first-order valence-electron chi connectivity index (χ1n) is 7.46. The number of halogens is 1. The molecule has 23 heavy (non-hydrogen) atoms. The zero-order valence-corrected chi connectivity index (χ0v) is 13.4. The number of benzene rings is 1. The summed E-state index contributed by atoms with van der Waals surface area (Å²) in [6.45, 7) is 3.79. The van der Waals surface area contributed by atoms with Crippen LogP contribution in [-0.4, -0.2) is 53.7 Å². The molecule has 1 aromatic heterocycles. The maximum atomic E-state index is 11.0. The van der Waals surface area contributed by atoms with Crippen molar-refractivity contribution in [2.45, 2.75) is 0 Å². The molecule has 120 valence electrons. The average Bonchev–Trinajstić information content (AvgIpc) is 2.55. The summed E-state index contributed by atoms with van der Waals surface area (Å²) in [5.41, 5.74) is 8.41. The van der Waals surface area contributed by atoms with Crippen LogP contribution in [0.15, 0.2) is 36.5 Å². The van der Waals surface area contributed by atoms with Gasteiger partial charge in [0.1, 0.15) is 0 Å². The molecule has 0 radical (unpaired) electrons. The van der Waals surface area contributed by atoms with Crippen LogP contribution in [-0.2, 0) is 4.79 Å². The largest absolute Gasteiger partial charge is 0.369 e. The van der Waals surface area contributed by atoms with E-state index in [1.807, 2.05) is 0 Å². The SMILES string of the molecule is NC(=O)CN1CCN(c2ccc(-c3cnnc(Cl)c3)cc2)CC1. The summed E-state index contributed by atoms with van der Waals surface area (Å²) in [4.78, 5) is 15.3. The zero-order chi connectivity index (χ0) is 16.2. The fraction of sp³-hybridized carbons (Fsp3) is 0.312. The number of hydrogen-bond donors (Lipinski definition) is 1. The molecule has 0 aliphatic carbocycles. The number of hydrogen-bond acceptors (Lipinski definition) is 5. The van der Waals surface area contributed by atoms with Crippen molar-refractivity contribution in [2.75, 3.05) is 37.6 Å². The molecule has 0 spiro atoms. The molecule has 0 saturated carbocycles. The van der Waals surface area contributed by atoms with Crippen LogP contribution in [0.3, 0.4) is 0 Å². The first-order chi connectivity index (χ1) is 11.1. The van der Waals surface area contributed by atoms with Crippen LogP contribution in [0.2, 0.25) is 5.15 Å². The van der Waals surface area contributed by atoms with Crippen molar-refractivity contribution in [3.8, 4) is 11.1 Å². The van der Waals surface area contributed by atoms with Crippen molar-refractivity contribution in [1.82, 2.24) is 15.1 Å². The Morgan fingerprint density at radius 3 is 2.43 bits per heavy atom. The number of primary amides is 1. The second kappa shape index (κ2) is 6.93. The van der Waals surface area contributed by atoms with E-state index >= 15 is 0 Å². The lowest BCUT2D eigenvalue weighted by Gasteiger charge is -2.35. The zero-order valence-electron chi connectivity index (χ0n) is 12.7. The number of aromatic nitrogens is 2. The highest BCUT2D eigenvalue weighted by molar-refractivity contribution is 6.29. The van der Waals surface area contributed by atoms with Crippen molar-refractivity contribution in [3.05, 3.63) is 41.7 Å². The summed E-state index contributed by atoms with van der Waals surface area (Å²) in [6.07, 6.45) is 1.70. The molecule has 3 rings (SSSR count). The van der Waals surface area contributed by atoms with Gasteiger partial charge in [-0.1, -0.05) is 23.7 Å². The van der Waals surface area contributed by atoms with Crippen LogP contribution < -0.4 is 10.6 Å². The van der Waals surface area contributed by atoms with Crippen LogP contribution >= 0.6 is 11.6 Å². The highest BCUT2D eigenvalue weighted by Gasteiger charge is 2.18. The van der Waals surface area contributed by atoms with Gasteiger partial charge in [-0.25, -0.2) is 0 Å². The number of nitrogens with two attached hydrogens (primary N) is 1. The van der Waals surface area contributed by atoms with Gasteiger partial charge in [0, 0.05) is 37.4 Å². The van der Waals surface area contributed by atoms with Crippen LogP contribution in [0.5, 0.6) is 0 Å². The Morgan fingerprint density at radius 1 is 1.13 bits per heavy atom. The van der Waals surface area contributed by atoms with E-state index in [2.05, 4.69) is 44.3 Å². The summed E-state index contributed by atoms with van der Waals surface area (Å²) < 4.78 is 0. The number of carbonyl (C=O) groups excluding carboxylic acids is 1. The van der Waals surface area contributed by atoms with Crippen molar-refractivity contribution in [3.63, 3.8) is 0 Å². The number of rotatable bonds is 4. The fourth-order valence-corrected chi connectivity index (χ4v) is 2.91. The first-order valence-corrected chi connectivity index (χ1v) is 7.84. The molecule has 1 aliphatic rings. The smallest absolute Gasteiger partial charge is 0.231 e. The number of anilines is 1. The van der Waals surface area contributed by atoms with Gasteiger partial charge in [0.2, 0.25) is 5.91 Å². The molecule has 6 nitrogen and oxygen atoms in total. The predicted octanol–water partition coefficient (Wildman–Crippen LogP) is 1.40. The van der Waals surface area contributed by atoms with Crippen LogP contribution in [0.25, 0.3) is 11.1 Å². The number of carbonyl (C=O) groups is 1. The average molecular weight is 332 g/mol. The van der Waals surface area contributed by atoms with Gasteiger partial charge in [-0.3, -0.25) is 9.69 Å². The van der Waals surface area contributed by atoms with Crippen LogP contribution in [0, 0.1) is 0 Å². The lowest BCUT2D eigenvalue weighted by Crippen LogP contribution is -2.48. The summed E-state index contributed by atoms with van der Waals surface area (Å²) in [7, 11) is 0. The Balaban J connectivity index is 1.65. The third-order valence-electron chi connectivity index (χ3n) is 3.94. The van der Waals surface area contributed by atoms with Crippen LogP contribution in [0.1, 0.15) is 0 Å². The van der Waals surface area contributed by atoms with Gasteiger partial charge < -0.3 is 10.6 Å². The fourth-order valence-electron chi connectivity index (χ4n) is 2.75. The van der Waals surface area contributed by atoms with Crippen LogP contribution in [0.4, 0.5) is 5.69 Å². The molecule has 2 aromatic rings. The van der Waals surface area contributed by atoms with Gasteiger partial charge in [0.05, 0.1) is 12.7 Å². The Hall–Kier alpha value is -2.18. The Labute approximate surface area is 139 Å². The summed E-state index contributed by atoms with van der Waals surface area (Å²) >= 11 is 5.88. The molecule has 2 N–H and O–H groups in total. The quantitative estimate of drug-likeness (QED) is 0.916. The molecule has 0 bridgehead atoms. The molecule has 0 unspecified atom stereocenters. The molecule has 1 fully saturated rings. The maximum absolute atomic E-state index is 11.0. The van der Waals surface area contributed by atoms with Gasteiger partial charge >= 0.3 is 0 Å². The summed E-state index contributed by atoms with van der Waals surface area (Å²) in [5.74, 6) is -0.271. The maximum Gasteiger partial charge on any atom is 0.231 e. The highest BCUT2D eigenvalue weighted by atomic mass is 35.5. The van der Waals surface area contributed by atoms with Gasteiger partial charge in [0.15, 0.2) is 5.15 Å². The van der Waals surface area contributed by atoms with E-state index in [0.717, 1.165) is 37.3 Å². The van der Waals surface area contributed by atoms with E-state index in [1.165, 1.54) is 5.69 Å². The van der Waals surface area contributed by atoms with E-state index < -0.39 is 0 Å². The van der Waals surface area contributed by atoms with Gasteiger partial charge in [-0.15, -0.1) is 5.10 Å².